The molecule has 2 N–H and O–H groups in total. The first-order valence-electron chi connectivity index (χ1n) is 6.30. The van der Waals surface area contributed by atoms with Gasteiger partial charge in [-0.3, -0.25) is 4.68 Å². The summed E-state index contributed by atoms with van der Waals surface area (Å²) in [5.41, 5.74) is 8.49. The lowest BCUT2D eigenvalue weighted by Gasteiger charge is -2.27. The number of hydrogen-bond donors (Lipinski definition) is 1. The van der Waals surface area contributed by atoms with Crippen LogP contribution >= 0.6 is 27.7 Å². The van der Waals surface area contributed by atoms with Crippen LogP contribution in [-0.2, 0) is 17.7 Å². The summed E-state index contributed by atoms with van der Waals surface area (Å²) in [5.74, 6) is 2.08. The van der Waals surface area contributed by atoms with Crippen LogP contribution in [0.5, 0.6) is 0 Å². The Balaban J connectivity index is 2.08. The molecule has 0 aromatic carbocycles. The van der Waals surface area contributed by atoms with E-state index in [0.717, 1.165) is 41.2 Å². The fraction of sp³-hybridized carbons (Fsp3) is 0.750. The maximum Gasteiger partial charge on any atom is 0.0820 e. The molecule has 2 atom stereocenters. The number of rotatable bonds is 4. The molecule has 2 rings (SSSR count). The second-order valence-electron chi connectivity index (χ2n) is 4.51. The Morgan fingerprint density at radius 3 is 3.06 bits per heavy atom. The number of halogens is 1. The van der Waals surface area contributed by atoms with Crippen molar-refractivity contribution in [3.63, 3.8) is 0 Å². The van der Waals surface area contributed by atoms with Crippen LogP contribution in [0.25, 0.3) is 0 Å². The van der Waals surface area contributed by atoms with Gasteiger partial charge in [-0.2, -0.15) is 16.9 Å². The first kappa shape index (κ1) is 14.4. The highest BCUT2D eigenvalue weighted by Crippen LogP contribution is 2.24. The number of aryl methyl sites for hydroxylation is 2. The molecule has 1 aliphatic heterocycles. The minimum atomic E-state index is 0.0375. The molecule has 1 aromatic heterocycles. The van der Waals surface area contributed by atoms with Crippen LogP contribution in [0.3, 0.4) is 0 Å². The molecule has 2 heterocycles. The second-order valence-corrected chi connectivity index (χ2v) is 6.46. The normalized spacial score (nSPS) is 22.1. The molecule has 102 valence electrons. The van der Waals surface area contributed by atoms with E-state index in [0.29, 0.717) is 0 Å². The molecule has 0 amide bonds. The van der Waals surface area contributed by atoms with Crippen LogP contribution < -0.4 is 5.73 Å². The average Bonchev–Trinajstić information content (AvgIpc) is 2.67. The number of nitrogens with two attached hydrogens (primary N) is 1. The van der Waals surface area contributed by atoms with Gasteiger partial charge in [0.2, 0.25) is 0 Å². The van der Waals surface area contributed by atoms with Gasteiger partial charge in [-0.15, -0.1) is 0 Å². The van der Waals surface area contributed by atoms with E-state index in [9.17, 15) is 0 Å². The van der Waals surface area contributed by atoms with Crippen molar-refractivity contribution in [2.24, 2.45) is 5.73 Å². The number of hydrogen-bond acceptors (Lipinski definition) is 4. The van der Waals surface area contributed by atoms with Gasteiger partial charge < -0.3 is 10.5 Å². The Bertz CT molecular complexity index is 404. The van der Waals surface area contributed by atoms with Crippen molar-refractivity contribution in [3.05, 3.63) is 15.9 Å². The molecule has 6 heteroatoms. The summed E-state index contributed by atoms with van der Waals surface area (Å²) in [6, 6.07) is 0.0375. The lowest BCUT2D eigenvalue weighted by atomic mass is 10.1. The molecular formula is C12H20BrN3OS. The molecule has 0 radical (unpaired) electrons. The Morgan fingerprint density at radius 1 is 1.67 bits per heavy atom. The molecule has 1 saturated heterocycles. The van der Waals surface area contributed by atoms with Crippen LogP contribution in [0.2, 0.25) is 0 Å². The van der Waals surface area contributed by atoms with E-state index in [4.69, 9.17) is 10.5 Å². The maximum atomic E-state index is 6.28. The molecule has 1 aromatic rings. The average molecular weight is 334 g/mol. The van der Waals surface area contributed by atoms with Crippen molar-refractivity contribution in [3.8, 4) is 0 Å². The van der Waals surface area contributed by atoms with Gasteiger partial charge in [0.25, 0.3) is 0 Å². The standard InChI is InChI=1S/C12H20BrN3OS/c1-3-16-10(12(13)8(2)15-16)6-9(14)11-7-18-5-4-17-11/h9,11H,3-7,14H2,1-2H3. The summed E-state index contributed by atoms with van der Waals surface area (Å²) in [6.45, 7) is 5.80. The van der Waals surface area contributed by atoms with Crippen molar-refractivity contribution >= 4 is 27.7 Å². The lowest BCUT2D eigenvalue weighted by molar-refractivity contribution is 0.0567. The molecule has 0 bridgehead atoms. The Labute approximate surface area is 121 Å². The number of ether oxygens (including phenoxy) is 1. The van der Waals surface area contributed by atoms with Gasteiger partial charge in [-0.05, 0) is 29.8 Å². The molecule has 2 unspecified atom stereocenters. The molecule has 0 aliphatic carbocycles. The van der Waals surface area contributed by atoms with Crippen LogP contribution in [0.15, 0.2) is 4.47 Å². The minimum Gasteiger partial charge on any atom is -0.375 e. The lowest BCUT2D eigenvalue weighted by Crippen LogP contribution is -2.43. The third-order valence-electron chi connectivity index (χ3n) is 3.20. The third kappa shape index (κ3) is 3.10. The zero-order valence-electron chi connectivity index (χ0n) is 10.9. The van der Waals surface area contributed by atoms with Crippen LogP contribution in [0.1, 0.15) is 18.3 Å². The first-order valence-corrected chi connectivity index (χ1v) is 8.25. The van der Waals surface area contributed by atoms with E-state index in [2.05, 4.69) is 28.0 Å². The first-order chi connectivity index (χ1) is 8.63. The van der Waals surface area contributed by atoms with Gasteiger partial charge in [0.15, 0.2) is 0 Å². The summed E-state index contributed by atoms with van der Waals surface area (Å²) in [6.07, 6.45) is 0.969. The molecule has 0 spiro atoms. The van der Waals surface area contributed by atoms with E-state index in [1.165, 1.54) is 5.69 Å². The monoisotopic (exact) mass is 333 g/mol. The van der Waals surface area contributed by atoms with E-state index < -0.39 is 0 Å². The quantitative estimate of drug-likeness (QED) is 0.915. The van der Waals surface area contributed by atoms with Crippen molar-refractivity contribution in [1.29, 1.82) is 0 Å². The SMILES string of the molecule is CCn1nc(C)c(Br)c1CC(N)C1CSCCO1. The van der Waals surface area contributed by atoms with E-state index in [1.54, 1.807) is 0 Å². The minimum absolute atomic E-state index is 0.0375. The van der Waals surface area contributed by atoms with Crippen LogP contribution in [0.4, 0.5) is 0 Å². The highest BCUT2D eigenvalue weighted by atomic mass is 79.9. The highest BCUT2D eigenvalue weighted by molar-refractivity contribution is 9.10. The summed E-state index contributed by atoms with van der Waals surface area (Å²) >= 11 is 5.53. The molecule has 4 nitrogen and oxygen atoms in total. The molecule has 1 fully saturated rings. The van der Waals surface area contributed by atoms with Crippen molar-refractivity contribution < 1.29 is 4.74 Å². The van der Waals surface area contributed by atoms with Crippen molar-refractivity contribution in [1.82, 2.24) is 9.78 Å². The summed E-state index contributed by atoms with van der Waals surface area (Å²) < 4.78 is 8.85. The second kappa shape index (κ2) is 6.41. The highest BCUT2D eigenvalue weighted by Gasteiger charge is 2.24. The predicted octanol–water partition coefficient (Wildman–Crippen LogP) is 1.98. The summed E-state index contributed by atoms with van der Waals surface area (Å²) in [7, 11) is 0. The summed E-state index contributed by atoms with van der Waals surface area (Å²) in [5, 5.41) is 4.50. The largest absolute Gasteiger partial charge is 0.375 e. The van der Waals surface area contributed by atoms with Gasteiger partial charge in [-0.25, -0.2) is 0 Å². The Hall–Kier alpha value is -0.0400. The third-order valence-corrected chi connectivity index (χ3v) is 5.25. The summed E-state index contributed by atoms with van der Waals surface area (Å²) in [4.78, 5) is 0. The Kier molecular flexibility index (Phi) is 5.12. The predicted molar refractivity (Wildman–Crippen MR) is 79.1 cm³/mol. The fourth-order valence-electron chi connectivity index (χ4n) is 2.17. The van der Waals surface area contributed by atoms with Gasteiger partial charge in [0, 0.05) is 30.5 Å². The zero-order chi connectivity index (χ0) is 13.1. The maximum absolute atomic E-state index is 6.28. The topological polar surface area (TPSA) is 53.1 Å². The number of aromatic nitrogens is 2. The van der Waals surface area contributed by atoms with Gasteiger partial charge in [0.1, 0.15) is 0 Å². The van der Waals surface area contributed by atoms with Crippen molar-refractivity contribution in [2.75, 3.05) is 18.1 Å². The molecule has 1 aliphatic rings. The Morgan fingerprint density at radius 2 is 2.44 bits per heavy atom. The van der Waals surface area contributed by atoms with E-state index in [1.807, 2.05) is 23.4 Å². The van der Waals surface area contributed by atoms with Gasteiger partial charge in [-0.1, -0.05) is 0 Å². The van der Waals surface area contributed by atoms with Crippen molar-refractivity contribution in [2.45, 2.75) is 39.0 Å². The van der Waals surface area contributed by atoms with Crippen LogP contribution in [0, 0.1) is 6.92 Å². The van der Waals surface area contributed by atoms with Gasteiger partial charge in [0.05, 0.1) is 28.6 Å². The number of nitrogens with zero attached hydrogens (tertiary/aromatic N) is 2. The van der Waals surface area contributed by atoms with E-state index >= 15 is 0 Å². The van der Waals surface area contributed by atoms with E-state index in [-0.39, 0.29) is 12.1 Å². The molecular weight excluding hydrogens is 314 g/mol. The molecule has 0 saturated carbocycles. The zero-order valence-corrected chi connectivity index (χ0v) is 13.3. The number of thioether (sulfide) groups is 1. The van der Waals surface area contributed by atoms with Crippen LogP contribution in [-0.4, -0.2) is 40.0 Å². The smallest absolute Gasteiger partial charge is 0.0820 e. The van der Waals surface area contributed by atoms with Gasteiger partial charge >= 0.3 is 0 Å². The molecule has 18 heavy (non-hydrogen) atoms. The fourth-order valence-corrected chi connectivity index (χ4v) is 3.57.